The molecule has 1 saturated heterocycles. The van der Waals surface area contributed by atoms with Crippen LogP contribution in [-0.2, 0) is 6.54 Å². The second-order valence-corrected chi connectivity index (χ2v) is 5.32. The monoisotopic (exact) mass is 264 g/mol. The number of nitrogens with one attached hydrogen (secondary N) is 1. The number of piperazine rings is 1. The molecule has 1 aliphatic carbocycles. The number of amides is 1. The van der Waals surface area contributed by atoms with Gasteiger partial charge in [0.25, 0.3) is 5.91 Å². The Morgan fingerprint density at radius 1 is 1.37 bits per heavy atom. The molecule has 0 unspecified atom stereocenters. The van der Waals surface area contributed by atoms with Crippen molar-refractivity contribution in [2.75, 3.05) is 26.2 Å². The fraction of sp³-hybridized carbons (Fsp3) is 0.615. The van der Waals surface area contributed by atoms with Gasteiger partial charge in [-0.1, -0.05) is 0 Å². The summed E-state index contributed by atoms with van der Waals surface area (Å²) in [4.78, 5) is 16.3. The molecule has 19 heavy (non-hydrogen) atoms. The summed E-state index contributed by atoms with van der Waals surface area (Å²) in [5.74, 6) is 5.60. The first-order valence-electron chi connectivity index (χ1n) is 6.81. The van der Waals surface area contributed by atoms with E-state index in [2.05, 4.69) is 15.2 Å². The van der Waals surface area contributed by atoms with E-state index >= 15 is 0 Å². The predicted molar refractivity (Wildman–Crippen MR) is 70.2 cm³/mol. The van der Waals surface area contributed by atoms with Gasteiger partial charge in [-0.05, 0) is 18.9 Å². The van der Waals surface area contributed by atoms with Crippen LogP contribution in [0.2, 0.25) is 0 Å². The highest BCUT2D eigenvalue weighted by Gasteiger charge is 2.31. The SMILES string of the molecule is NNC(=O)c1coc(CN2CCN(C3CC3)CC2)c1. The molecule has 2 fully saturated rings. The average molecular weight is 264 g/mol. The lowest BCUT2D eigenvalue weighted by Gasteiger charge is -2.34. The number of nitrogen functional groups attached to an aromatic ring is 1. The fourth-order valence-corrected chi connectivity index (χ4v) is 2.61. The fourth-order valence-electron chi connectivity index (χ4n) is 2.61. The molecular weight excluding hydrogens is 244 g/mol. The van der Waals surface area contributed by atoms with Crippen LogP contribution in [0.25, 0.3) is 0 Å². The zero-order valence-electron chi connectivity index (χ0n) is 11.0. The summed E-state index contributed by atoms with van der Waals surface area (Å²) in [6, 6.07) is 2.61. The molecule has 1 amide bonds. The second kappa shape index (κ2) is 5.32. The summed E-state index contributed by atoms with van der Waals surface area (Å²) in [6.45, 7) is 5.17. The molecule has 2 heterocycles. The van der Waals surface area contributed by atoms with Crippen LogP contribution < -0.4 is 11.3 Å². The summed E-state index contributed by atoms with van der Waals surface area (Å²) < 4.78 is 5.41. The lowest BCUT2D eigenvalue weighted by atomic mass is 10.2. The Morgan fingerprint density at radius 3 is 2.74 bits per heavy atom. The van der Waals surface area contributed by atoms with E-state index in [4.69, 9.17) is 10.3 Å². The van der Waals surface area contributed by atoms with Crippen molar-refractivity contribution < 1.29 is 9.21 Å². The number of carbonyl (C=O) groups is 1. The van der Waals surface area contributed by atoms with Crippen molar-refractivity contribution in [3.8, 4) is 0 Å². The van der Waals surface area contributed by atoms with Crippen molar-refractivity contribution in [2.45, 2.75) is 25.4 Å². The average Bonchev–Trinajstić information content (AvgIpc) is 3.19. The number of carbonyl (C=O) groups excluding carboxylic acids is 1. The number of nitrogens with zero attached hydrogens (tertiary/aromatic N) is 2. The smallest absolute Gasteiger partial charge is 0.268 e. The number of hydrogen-bond donors (Lipinski definition) is 2. The van der Waals surface area contributed by atoms with E-state index in [-0.39, 0.29) is 5.91 Å². The van der Waals surface area contributed by atoms with E-state index < -0.39 is 0 Å². The first-order valence-corrected chi connectivity index (χ1v) is 6.81. The zero-order chi connectivity index (χ0) is 13.2. The molecule has 1 aromatic rings. The molecular formula is C13H20N4O2. The van der Waals surface area contributed by atoms with Gasteiger partial charge < -0.3 is 4.42 Å². The lowest BCUT2D eigenvalue weighted by Crippen LogP contribution is -2.46. The van der Waals surface area contributed by atoms with Crippen molar-refractivity contribution in [3.05, 3.63) is 23.7 Å². The molecule has 0 bridgehead atoms. The molecule has 3 rings (SSSR count). The van der Waals surface area contributed by atoms with Gasteiger partial charge in [-0.25, -0.2) is 5.84 Å². The Morgan fingerprint density at radius 2 is 2.11 bits per heavy atom. The van der Waals surface area contributed by atoms with Gasteiger partial charge in [0.15, 0.2) is 0 Å². The molecule has 2 aliphatic rings. The maximum Gasteiger partial charge on any atom is 0.268 e. The Hall–Kier alpha value is -1.37. The topological polar surface area (TPSA) is 74.7 Å². The van der Waals surface area contributed by atoms with Gasteiger partial charge >= 0.3 is 0 Å². The van der Waals surface area contributed by atoms with E-state index in [0.717, 1.165) is 44.5 Å². The molecule has 0 atom stereocenters. The highest BCUT2D eigenvalue weighted by molar-refractivity contribution is 5.93. The third kappa shape index (κ3) is 2.97. The number of rotatable bonds is 4. The molecule has 1 aliphatic heterocycles. The van der Waals surface area contributed by atoms with Crippen LogP contribution in [0.15, 0.2) is 16.7 Å². The molecule has 104 valence electrons. The van der Waals surface area contributed by atoms with Crippen molar-refractivity contribution in [1.29, 1.82) is 0 Å². The zero-order valence-corrected chi connectivity index (χ0v) is 11.0. The minimum atomic E-state index is -0.312. The van der Waals surface area contributed by atoms with Crippen LogP contribution in [0.3, 0.4) is 0 Å². The quantitative estimate of drug-likeness (QED) is 0.460. The molecule has 6 nitrogen and oxygen atoms in total. The van der Waals surface area contributed by atoms with Crippen molar-refractivity contribution in [2.24, 2.45) is 5.84 Å². The Labute approximate surface area is 112 Å². The molecule has 1 saturated carbocycles. The molecule has 1 aromatic heterocycles. The maximum absolute atomic E-state index is 11.3. The third-order valence-corrected chi connectivity index (χ3v) is 3.90. The summed E-state index contributed by atoms with van der Waals surface area (Å²) in [5.41, 5.74) is 2.58. The number of nitrogens with two attached hydrogens (primary N) is 1. The maximum atomic E-state index is 11.3. The Bertz CT molecular complexity index is 447. The number of hydrazine groups is 1. The molecule has 0 aromatic carbocycles. The highest BCUT2D eigenvalue weighted by Crippen LogP contribution is 2.27. The first kappa shape index (κ1) is 12.7. The lowest BCUT2D eigenvalue weighted by molar-refractivity contribution is 0.0953. The second-order valence-electron chi connectivity index (χ2n) is 5.32. The van der Waals surface area contributed by atoms with E-state index in [0.29, 0.717) is 5.56 Å². The van der Waals surface area contributed by atoms with Gasteiger partial charge in [0.2, 0.25) is 0 Å². The largest absolute Gasteiger partial charge is 0.467 e. The van der Waals surface area contributed by atoms with Crippen LogP contribution in [0.4, 0.5) is 0 Å². The minimum absolute atomic E-state index is 0.312. The van der Waals surface area contributed by atoms with Crippen LogP contribution in [0, 0.1) is 0 Å². The van der Waals surface area contributed by atoms with Crippen LogP contribution in [0.1, 0.15) is 29.0 Å². The summed E-state index contributed by atoms with van der Waals surface area (Å²) in [6.07, 6.45) is 4.20. The van der Waals surface area contributed by atoms with Crippen LogP contribution in [0.5, 0.6) is 0 Å². The van der Waals surface area contributed by atoms with Crippen LogP contribution in [-0.4, -0.2) is 47.9 Å². The van der Waals surface area contributed by atoms with Crippen molar-refractivity contribution >= 4 is 5.91 Å². The predicted octanol–water partition coefficient (Wildman–Crippen LogP) is 0.163. The Balaban J connectivity index is 1.51. The van der Waals surface area contributed by atoms with Gasteiger partial charge in [-0.15, -0.1) is 0 Å². The summed E-state index contributed by atoms with van der Waals surface area (Å²) >= 11 is 0. The molecule has 3 N–H and O–H groups in total. The van der Waals surface area contributed by atoms with E-state index in [1.54, 1.807) is 6.07 Å². The Kier molecular flexibility index (Phi) is 3.54. The molecule has 6 heteroatoms. The standard InChI is InChI=1S/C13H20N4O2/c14-15-13(18)10-7-12(19-9-10)8-16-3-5-17(6-4-16)11-1-2-11/h7,9,11H,1-6,8,14H2,(H,15,18). The molecule has 0 spiro atoms. The van der Waals surface area contributed by atoms with Gasteiger partial charge in [0.1, 0.15) is 12.0 Å². The summed E-state index contributed by atoms with van der Waals surface area (Å²) in [7, 11) is 0. The van der Waals surface area contributed by atoms with Crippen molar-refractivity contribution in [3.63, 3.8) is 0 Å². The summed E-state index contributed by atoms with van der Waals surface area (Å²) in [5, 5.41) is 0. The van der Waals surface area contributed by atoms with Crippen molar-refractivity contribution in [1.82, 2.24) is 15.2 Å². The van der Waals surface area contributed by atoms with E-state index in [1.165, 1.54) is 19.1 Å². The normalized spacial score (nSPS) is 21.5. The number of furan rings is 1. The van der Waals surface area contributed by atoms with Gasteiger partial charge in [-0.3, -0.25) is 20.0 Å². The highest BCUT2D eigenvalue weighted by atomic mass is 16.3. The van der Waals surface area contributed by atoms with Gasteiger partial charge in [0.05, 0.1) is 12.1 Å². The van der Waals surface area contributed by atoms with Crippen LogP contribution >= 0.6 is 0 Å². The van der Waals surface area contributed by atoms with Gasteiger partial charge in [-0.2, -0.15) is 0 Å². The van der Waals surface area contributed by atoms with E-state index in [9.17, 15) is 4.79 Å². The third-order valence-electron chi connectivity index (χ3n) is 3.90. The first-order chi connectivity index (χ1) is 9.26. The van der Waals surface area contributed by atoms with E-state index in [1.807, 2.05) is 0 Å². The van der Waals surface area contributed by atoms with Gasteiger partial charge in [0, 0.05) is 32.2 Å². The molecule has 0 radical (unpaired) electrons. The minimum Gasteiger partial charge on any atom is -0.467 e. The number of hydrogen-bond acceptors (Lipinski definition) is 5.